The van der Waals surface area contributed by atoms with Crippen molar-refractivity contribution in [2.75, 3.05) is 119 Å². The monoisotopic (exact) mass is 1720 g/mol. The number of aromatic nitrogens is 4. The molecule has 8 aromatic rings. The third-order valence-corrected chi connectivity index (χ3v) is 13.7. The minimum absolute atomic E-state index is 0.459. The van der Waals surface area contributed by atoms with Gasteiger partial charge < -0.3 is 56.8 Å². The molecule has 0 atom stereocenters. The first-order valence-electron chi connectivity index (χ1n) is 33.3. The number of hydrogen-bond acceptors (Lipinski definition) is 12. The second-order valence-electron chi connectivity index (χ2n) is 23.7. The van der Waals surface area contributed by atoms with E-state index >= 15 is 0 Å². The smallest absolute Gasteiger partial charge is 0.119 e. The van der Waals surface area contributed by atoms with Crippen LogP contribution in [0, 0.1) is 0 Å². The molecule has 112 heavy (non-hydrogen) atoms. The van der Waals surface area contributed by atoms with Gasteiger partial charge in [-0.3, -0.25) is 0 Å². The van der Waals surface area contributed by atoms with Gasteiger partial charge in [-0.15, -0.1) is 0 Å². The van der Waals surface area contributed by atoms with Crippen LogP contribution in [-0.2, 0) is 61.0 Å². The zero-order valence-electron chi connectivity index (χ0n) is 59.2. The Labute approximate surface area is 626 Å². The van der Waals surface area contributed by atoms with Crippen LogP contribution in [-0.4, -0.2) is 119 Å². The molecule has 44 heteroatoms. The normalized spacial score (nSPS) is 17.7. The van der Waals surface area contributed by atoms with Crippen LogP contribution in [0.15, 0.2) is 189 Å². The molecule has 12 aliphatic heterocycles. The van der Waals surface area contributed by atoms with E-state index in [0.29, 0.717) is 119 Å². The van der Waals surface area contributed by atoms with Gasteiger partial charge in [-0.1, -0.05) is 31.2 Å². The van der Waals surface area contributed by atoms with Crippen LogP contribution in [0.2, 0.25) is 0 Å². The van der Waals surface area contributed by atoms with Gasteiger partial charge in [0, 0.05) is 65.7 Å². The Kier molecular flexibility index (Phi) is 31.8. The third kappa shape index (κ3) is 55.5. The van der Waals surface area contributed by atoms with Gasteiger partial charge >= 0.3 is 132 Å². The Morgan fingerprint density at radius 2 is 0.473 bits per heavy atom. The maximum Gasteiger partial charge on any atom is 0.119 e. The van der Waals surface area contributed by atoms with Crippen LogP contribution >= 0.6 is 31.2 Å². The van der Waals surface area contributed by atoms with E-state index in [0.717, 1.165) is 67.1 Å². The van der Waals surface area contributed by atoms with Gasteiger partial charge in [-0.05, 0) is 94.9 Å². The van der Waals surface area contributed by atoms with Crippen molar-refractivity contribution in [1.82, 2.24) is 0 Å². The summed E-state index contributed by atoms with van der Waals surface area (Å²) in [4.78, 5) is 0. The van der Waals surface area contributed by atoms with Gasteiger partial charge in [0.1, 0.15) is 74.1 Å². The molecule has 0 N–H and O–H groups in total. The van der Waals surface area contributed by atoms with Crippen molar-refractivity contribution in [3.8, 4) is 56.8 Å². The zero-order valence-corrected chi connectivity index (χ0v) is 62.8. The number of nitrogens with zero attached hydrogens (tertiary/aromatic N) is 4. The molecule has 4 aromatic carbocycles. The van der Waals surface area contributed by atoms with E-state index in [9.17, 15) is 101 Å². The molecule has 16 heterocycles. The van der Waals surface area contributed by atoms with E-state index in [1.807, 2.05) is 60.7 Å². The summed E-state index contributed by atoms with van der Waals surface area (Å²) < 4.78 is 314. The predicted octanol–water partition coefficient (Wildman–Crippen LogP) is 21.8. The molecule has 0 amide bonds. The molecule has 16 nitrogen and oxygen atoms in total. The number of ether oxygens (including phenoxy) is 12. The summed E-state index contributed by atoms with van der Waals surface area (Å²) in [5.74, 6) is 4.77. The van der Waals surface area contributed by atoms with Crippen molar-refractivity contribution < 1.29 is 176 Å². The summed E-state index contributed by atoms with van der Waals surface area (Å²) >= 11 is 0. The Morgan fingerprint density at radius 1 is 0.250 bits per heavy atom. The van der Waals surface area contributed by atoms with Crippen molar-refractivity contribution in [3.63, 3.8) is 0 Å². The Bertz CT molecular complexity index is 3850. The first-order valence-corrected chi connectivity index (χ1v) is 41.4. The van der Waals surface area contributed by atoms with Gasteiger partial charge in [0.15, 0.2) is 75.8 Å². The van der Waals surface area contributed by atoms with Crippen molar-refractivity contribution in [1.29, 1.82) is 0 Å². The third-order valence-electron chi connectivity index (χ3n) is 13.7. The van der Waals surface area contributed by atoms with E-state index in [-0.39, 0.29) is 0 Å². The van der Waals surface area contributed by atoms with Crippen LogP contribution in [0.25, 0.3) is 22.3 Å². The molecule has 16 bridgehead atoms. The van der Waals surface area contributed by atoms with Crippen molar-refractivity contribution >= 4 is 31.2 Å². The molecular weight excluding hydrogens is 1640 g/mol. The van der Waals surface area contributed by atoms with Gasteiger partial charge in [0.05, 0.1) is 79.3 Å². The molecule has 0 aliphatic carbocycles. The summed E-state index contributed by atoms with van der Waals surface area (Å²) in [5, 5.41) is 0. The fourth-order valence-electron chi connectivity index (χ4n) is 9.16. The minimum atomic E-state index is -10.7. The predicted molar refractivity (Wildman–Crippen MR) is 370 cm³/mol. The number of halogens is 24. The Morgan fingerprint density at radius 3 is 0.732 bits per heavy atom. The molecular formula is C68H80F24N4O12P4. The molecule has 0 saturated heterocycles. The van der Waals surface area contributed by atoms with Crippen LogP contribution in [0.1, 0.15) is 23.6 Å². The average molecular weight is 1730 g/mol. The molecule has 0 saturated carbocycles. The van der Waals surface area contributed by atoms with Crippen LogP contribution in [0.5, 0.6) is 34.5 Å². The van der Waals surface area contributed by atoms with Crippen LogP contribution in [0.3, 0.4) is 0 Å². The first-order chi connectivity index (χ1) is 51.4. The molecule has 0 fully saturated rings. The number of rotatable bonds is 1. The number of benzene rings is 4. The standard InChI is InChI=1S/C40H40N4O2.C28H40O10.4F6P/c1-2-34-6-7-39-29-40(34)46-27-25-42-18-10-36(11-19-42)38-14-22-44(23-15-38)31-33-5-3-4-32(28-33)30-43-20-12-37(13-21-43)35-8-16-41(17-9-35)24-26-45-39;1-2-26-4-3-25(1)35-21-17-31-13-9-29-11-15-33-19-23-37-27-5-7-28(8-6-27)38-24-20-34-16-12-30-10-14-32-18-22-36-26;4*1-7(2,3,4,5)6/h3-23,28-29H,2,24-27,30-31H2,1H3;1-8H,9-24H2;;;;/q+4;;4*-1. The van der Waals surface area contributed by atoms with Gasteiger partial charge in [-0.2, -0.15) is 0 Å². The average Bonchev–Trinajstić information content (AvgIpc) is 0.801. The molecule has 0 spiro atoms. The quantitative estimate of drug-likeness (QED) is 0.0882. The van der Waals surface area contributed by atoms with E-state index in [1.54, 1.807) is 0 Å². The van der Waals surface area contributed by atoms with Gasteiger partial charge in [0.2, 0.25) is 0 Å². The maximum absolute atomic E-state index is 10.7. The largest absolute Gasteiger partial charge is 0.491 e. The topological polar surface area (TPSA) is 126 Å². The van der Waals surface area contributed by atoms with Gasteiger partial charge in [-0.25, -0.2) is 18.3 Å². The van der Waals surface area contributed by atoms with E-state index in [2.05, 4.69) is 154 Å². The first kappa shape index (κ1) is 94.7. The van der Waals surface area contributed by atoms with Crippen molar-refractivity contribution in [3.05, 3.63) is 206 Å². The second-order valence-corrected chi connectivity index (χ2v) is 31.3. The van der Waals surface area contributed by atoms with Crippen molar-refractivity contribution in [2.45, 2.75) is 39.5 Å². The minimum Gasteiger partial charge on any atom is -0.491 e. The summed E-state index contributed by atoms with van der Waals surface area (Å²) in [5.41, 5.74) is 8.55. The number of hydrogen-bond donors (Lipinski definition) is 0. The fourth-order valence-corrected chi connectivity index (χ4v) is 9.16. The summed E-state index contributed by atoms with van der Waals surface area (Å²) in [7, 11) is -42.6. The number of pyridine rings is 4. The Hall–Kier alpha value is -7.92. The van der Waals surface area contributed by atoms with E-state index in [4.69, 9.17) is 56.8 Å². The van der Waals surface area contributed by atoms with E-state index < -0.39 is 31.2 Å². The molecule has 4 aromatic heterocycles. The summed E-state index contributed by atoms with van der Waals surface area (Å²) in [6.45, 7) is 14.3. The molecule has 0 radical (unpaired) electrons. The fraction of sp³-hybridized carbons (Fsp3) is 0.353. The van der Waals surface area contributed by atoms with E-state index in [1.165, 1.54) is 38.9 Å². The molecule has 12 aliphatic rings. The Balaban J connectivity index is 0.000000301. The maximum atomic E-state index is 9.87. The SMILES string of the molecule is CCc1ccc2cc1OCC[n+]1ccc(cc1)-c1cc[n+](cc1)Cc1cccc(c1)C[n+]1ccc(cc1)-c1cc[n+](cc1)CCO2.F[P-](F)(F)(F)(F)F.F[P-](F)(F)(F)(F)F.F[P-](F)(F)(F)(F)F.F[P-](F)(F)(F)(F)F.c1cc2ccc1OCCOCCOCCOCCOc1ccc(cc1)OCCOCCOCCOCCO2. The molecule has 20 rings (SSSR count). The molecule has 0 unspecified atom stereocenters. The van der Waals surface area contributed by atoms with Crippen LogP contribution in [0.4, 0.5) is 101 Å². The van der Waals surface area contributed by atoms with Crippen molar-refractivity contribution in [2.24, 2.45) is 0 Å². The summed E-state index contributed by atoms with van der Waals surface area (Å²) in [6, 6.07) is 47.4. The molecule has 632 valence electrons. The van der Waals surface area contributed by atoms with Gasteiger partial charge in [0.25, 0.3) is 0 Å². The second kappa shape index (κ2) is 37.6. The summed E-state index contributed by atoms with van der Waals surface area (Å²) in [6.07, 6.45) is 18.1. The number of aryl methyl sites for hydroxylation is 1. The van der Waals surface area contributed by atoms with Crippen LogP contribution < -0.4 is 46.7 Å². The zero-order chi connectivity index (χ0) is 83.1.